The first-order valence-corrected chi connectivity index (χ1v) is 4.51. The molecule has 2 unspecified atom stereocenters. The number of allylic oxidation sites excluding steroid dienone is 1. The van der Waals surface area contributed by atoms with Crippen molar-refractivity contribution in [2.24, 2.45) is 11.8 Å². The van der Waals surface area contributed by atoms with Gasteiger partial charge in [0, 0.05) is 0 Å². The van der Waals surface area contributed by atoms with Crippen molar-refractivity contribution in [3.63, 3.8) is 0 Å². The van der Waals surface area contributed by atoms with E-state index in [2.05, 4.69) is 9.47 Å². The zero-order valence-electron chi connectivity index (χ0n) is 8.36. The van der Waals surface area contributed by atoms with E-state index in [9.17, 15) is 9.59 Å². The third kappa shape index (κ3) is 2.34. The van der Waals surface area contributed by atoms with Gasteiger partial charge in [0.2, 0.25) is 0 Å². The molecular weight excluding hydrogens is 184 g/mol. The summed E-state index contributed by atoms with van der Waals surface area (Å²) >= 11 is 0. The molecule has 1 aliphatic carbocycles. The highest BCUT2D eigenvalue weighted by Gasteiger charge is 2.28. The lowest BCUT2D eigenvalue weighted by atomic mass is 9.87. The highest BCUT2D eigenvalue weighted by Crippen LogP contribution is 2.25. The van der Waals surface area contributed by atoms with E-state index in [1.807, 2.05) is 6.08 Å². The molecule has 1 aliphatic rings. The molecule has 1 rings (SSSR count). The van der Waals surface area contributed by atoms with Crippen LogP contribution in [0, 0.1) is 11.8 Å². The topological polar surface area (TPSA) is 52.6 Å². The fourth-order valence-electron chi connectivity index (χ4n) is 1.57. The number of carbonyl (C=O) groups is 2. The first-order valence-electron chi connectivity index (χ1n) is 4.51. The maximum Gasteiger partial charge on any atom is 0.312 e. The van der Waals surface area contributed by atoms with Gasteiger partial charge < -0.3 is 9.47 Å². The first-order chi connectivity index (χ1) is 6.69. The monoisotopic (exact) mass is 198 g/mol. The Morgan fingerprint density at radius 1 is 1.21 bits per heavy atom. The van der Waals surface area contributed by atoms with Crippen LogP contribution in [0.25, 0.3) is 0 Å². The second-order valence-corrected chi connectivity index (χ2v) is 3.25. The molecule has 0 fully saturated rings. The Morgan fingerprint density at radius 2 is 1.86 bits per heavy atom. The van der Waals surface area contributed by atoms with Gasteiger partial charge in [0.15, 0.2) is 0 Å². The molecule has 0 radical (unpaired) electrons. The van der Waals surface area contributed by atoms with Crippen molar-refractivity contribution in [1.29, 1.82) is 0 Å². The van der Waals surface area contributed by atoms with Crippen LogP contribution in [0.4, 0.5) is 0 Å². The zero-order chi connectivity index (χ0) is 10.6. The predicted molar refractivity (Wildman–Crippen MR) is 49.4 cm³/mol. The molecule has 0 bridgehead atoms. The Labute approximate surface area is 82.9 Å². The summed E-state index contributed by atoms with van der Waals surface area (Å²) in [7, 11) is 2.70. The molecule has 0 aromatic carbocycles. The Morgan fingerprint density at radius 3 is 2.43 bits per heavy atom. The van der Waals surface area contributed by atoms with Crippen molar-refractivity contribution in [2.75, 3.05) is 14.2 Å². The zero-order valence-corrected chi connectivity index (χ0v) is 8.36. The summed E-state index contributed by atoms with van der Waals surface area (Å²) in [5.74, 6) is -1.08. The number of carbonyl (C=O) groups excluding carboxylic acids is 2. The number of methoxy groups -OCH3 is 2. The molecule has 0 N–H and O–H groups in total. The van der Waals surface area contributed by atoms with Gasteiger partial charge in [-0.2, -0.15) is 0 Å². The maximum atomic E-state index is 11.2. The third-order valence-corrected chi connectivity index (χ3v) is 2.37. The fourth-order valence-corrected chi connectivity index (χ4v) is 1.57. The summed E-state index contributed by atoms with van der Waals surface area (Å²) in [6, 6.07) is 0. The molecule has 0 aromatic rings. The van der Waals surface area contributed by atoms with Gasteiger partial charge in [-0.25, -0.2) is 0 Å². The molecule has 0 spiro atoms. The predicted octanol–water partition coefficient (Wildman–Crippen LogP) is 0.915. The van der Waals surface area contributed by atoms with E-state index in [0.29, 0.717) is 12.8 Å². The number of hydrogen-bond acceptors (Lipinski definition) is 4. The number of rotatable bonds is 2. The minimum Gasteiger partial charge on any atom is -0.469 e. The third-order valence-electron chi connectivity index (χ3n) is 2.37. The van der Waals surface area contributed by atoms with Crippen LogP contribution in [-0.4, -0.2) is 26.2 Å². The molecule has 78 valence electrons. The molecule has 14 heavy (non-hydrogen) atoms. The molecule has 0 aromatic heterocycles. The van der Waals surface area contributed by atoms with Gasteiger partial charge in [-0.05, 0) is 12.8 Å². The normalized spacial score (nSPS) is 25.6. The molecule has 2 atom stereocenters. The summed E-state index contributed by atoms with van der Waals surface area (Å²) in [6.07, 6.45) is 4.73. The van der Waals surface area contributed by atoms with E-state index in [4.69, 9.17) is 0 Å². The van der Waals surface area contributed by atoms with Gasteiger partial charge in [-0.15, -0.1) is 0 Å². The van der Waals surface area contributed by atoms with E-state index in [1.165, 1.54) is 14.2 Å². The molecule has 0 amide bonds. The van der Waals surface area contributed by atoms with Crippen molar-refractivity contribution < 1.29 is 19.1 Å². The SMILES string of the molecule is COC(=O)C1C=CCC(C(=O)OC)C1. The van der Waals surface area contributed by atoms with Gasteiger partial charge in [-0.3, -0.25) is 9.59 Å². The lowest BCUT2D eigenvalue weighted by molar-refractivity contribution is -0.148. The van der Waals surface area contributed by atoms with Gasteiger partial charge >= 0.3 is 11.9 Å². The molecule has 4 heteroatoms. The van der Waals surface area contributed by atoms with E-state index in [-0.39, 0.29) is 23.8 Å². The van der Waals surface area contributed by atoms with Crippen molar-refractivity contribution in [3.05, 3.63) is 12.2 Å². The standard InChI is InChI=1S/C10H14O4/c1-13-9(11)7-4-3-5-8(6-7)10(12)14-2/h3-4,7-8H,5-6H2,1-2H3. The first kappa shape index (κ1) is 10.8. The van der Waals surface area contributed by atoms with E-state index >= 15 is 0 Å². The van der Waals surface area contributed by atoms with Crippen LogP contribution in [0.3, 0.4) is 0 Å². The van der Waals surface area contributed by atoms with Crippen molar-refractivity contribution in [3.8, 4) is 0 Å². The summed E-state index contributed by atoms with van der Waals surface area (Å²) < 4.78 is 9.24. The van der Waals surface area contributed by atoms with Gasteiger partial charge in [0.1, 0.15) is 0 Å². The Bertz CT molecular complexity index is 257. The average Bonchev–Trinajstić information content (AvgIpc) is 2.27. The number of esters is 2. The number of ether oxygens (including phenoxy) is 2. The smallest absolute Gasteiger partial charge is 0.312 e. The summed E-state index contributed by atoms with van der Waals surface area (Å²) in [4.78, 5) is 22.4. The van der Waals surface area contributed by atoms with Crippen molar-refractivity contribution in [2.45, 2.75) is 12.8 Å². The molecule has 0 aliphatic heterocycles. The largest absolute Gasteiger partial charge is 0.469 e. The summed E-state index contributed by atoms with van der Waals surface area (Å²) in [6.45, 7) is 0. The minimum absolute atomic E-state index is 0.214. The molecule has 4 nitrogen and oxygen atoms in total. The van der Waals surface area contributed by atoms with Crippen LogP contribution < -0.4 is 0 Å². The van der Waals surface area contributed by atoms with E-state index in [1.54, 1.807) is 6.08 Å². The molecule has 0 saturated heterocycles. The number of hydrogen-bond donors (Lipinski definition) is 0. The lowest BCUT2D eigenvalue weighted by Crippen LogP contribution is -2.26. The van der Waals surface area contributed by atoms with Gasteiger partial charge in [-0.1, -0.05) is 12.2 Å². The second-order valence-electron chi connectivity index (χ2n) is 3.25. The highest BCUT2D eigenvalue weighted by atomic mass is 16.5. The quantitative estimate of drug-likeness (QED) is 0.489. The average molecular weight is 198 g/mol. The van der Waals surface area contributed by atoms with Crippen LogP contribution in [0.2, 0.25) is 0 Å². The van der Waals surface area contributed by atoms with Gasteiger partial charge in [0.25, 0.3) is 0 Å². The van der Waals surface area contributed by atoms with Crippen LogP contribution in [-0.2, 0) is 19.1 Å². The second kappa shape index (κ2) is 4.79. The maximum absolute atomic E-state index is 11.2. The Kier molecular flexibility index (Phi) is 3.68. The van der Waals surface area contributed by atoms with Gasteiger partial charge in [0.05, 0.1) is 26.1 Å². The Balaban J connectivity index is 2.60. The lowest BCUT2D eigenvalue weighted by Gasteiger charge is -2.20. The molecule has 0 saturated carbocycles. The fraction of sp³-hybridized carbons (Fsp3) is 0.600. The van der Waals surface area contributed by atoms with E-state index < -0.39 is 0 Å². The van der Waals surface area contributed by atoms with E-state index in [0.717, 1.165) is 0 Å². The summed E-state index contributed by atoms with van der Waals surface area (Å²) in [5, 5.41) is 0. The minimum atomic E-state index is -0.308. The van der Waals surface area contributed by atoms with Crippen LogP contribution >= 0.6 is 0 Å². The van der Waals surface area contributed by atoms with Crippen LogP contribution in [0.1, 0.15) is 12.8 Å². The molecular formula is C10H14O4. The van der Waals surface area contributed by atoms with Crippen LogP contribution in [0.15, 0.2) is 12.2 Å². The highest BCUT2D eigenvalue weighted by molar-refractivity contribution is 5.78. The van der Waals surface area contributed by atoms with Crippen LogP contribution in [0.5, 0.6) is 0 Å². The molecule has 0 heterocycles. The summed E-state index contributed by atoms with van der Waals surface area (Å²) in [5.41, 5.74) is 0. The van der Waals surface area contributed by atoms with Crippen molar-refractivity contribution in [1.82, 2.24) is 0 Å². The van der Waals surface area contributed by atoms with Crippen molar-refractivity contribution >= 4 is 11.9 Å². The Hall–Kier alpha value is -1.32.